The third-order valence-electron chi connectivity index (χ3n) is 5.42. The molecule has 0 aliphatic heterocycles. The van der Waals surface area contributed by atoms with Gasteiger partial charge in [0.05, 0.1) is 0 Å². The molecule has 0 bridgehead atoms. The van der Waals surface area contributed by atoms with E-state index in [4.69, 9.17) is 0 Å². The molecule has 0 saturated carbocycles. The summed E-state index contributed by atoms with van der Waals surface area (Å²) in [6, 6.07) is 28.8. The summed E-state index contributed by atoms with van der Waals surface area (Å²) >= 11 is 0. The SMILES string of the molecule is Oc1cc2ccc(C#CCc3ccccc3)cc2cc1Cc1ccc2[nH]ccc2c1. The van der Waals surface area contributed by atoms with Crippen molar-refractivity contribution in [1.29, 1.82) is 0 Å². The third-order valence-corrected chi connectivity index (χ3v) is 5.42. The number of rotatable bonds is 3. The van der Waals surface area contributed by atoms with Crippen molar-refractivity contribution in [2.75, 3.05) is 0 Å². The highest BCUT2D eigenvalue weighted by atomic mass is 16.3. The molecule has 144 valence electrons. The lowest BCUT2D eigenvalue weighted by Crippen LogP contribution is -1.90. The number of benzene rings is 4. The number of aromatic hydroxyl groups is 1. The molecule has 4 aromatic carbocycles. The molecule has 0 saturated heterocycles. The second-order valence-electron chi connectivity index (χ2n) is 7.58. The molecule has 0 spiro atoms. The van der Waals surface area contributed by atoms with E-state index in [9.17, 15) is 5.11 Å². The molecule has 30 heavy (non-hydrogen) atoms. The zero-order chi connectivity index (χ0) is 20.3. The topological polar surface area (TPSA) is 36.0 Å². The Hall–Kier alpha value is -3.96. The predicted octanol–water partition coefficient (Wildman–Crippen LogP) is 6.21. The number of fused-ring (bicyclic) bond motifs is 2. The summed E-state index contributed by atoms with van der Waals surface area (Å²) in [6.07, 6.45) is 3.37. The van der Waals surface area contributed by atoms with Crippen LogP contribution in [-0.4, -0.2) is 10.1 Å². The fraction of sp³-hybridized carbons (Fsp3) is 0.0714. The number of H-pyrrole nitrogens is 1. The summed E-state index contributed by atoms with van der Waals surface area (Å²) in [4.78, 5) is 3.22. The molecule has 0 amide bonds. The summed E-state index contributed by atoms with van der Waals surface area (Å²) in [5.74, 6) is 6.86. The van der Waals surface area contributed by atoms with Crippen LogP contribution in [0.5, 0.6) is 5.75 Å². The van der Waals surface area contributed by atoms with Crippen molar-refractivity contribution in [3.63, 3.8) is 0 Å². The molecule has 1 heterocycles. The number of phenols is 1. The van der Waals surface area contributed by atoms with Crippen molar-refractivity contribution < 1.29 is 5.11 Å². The number of hydrogen-bond donors (Lipinski definition) is 2. The van der Waals surface area contributed by atoms with Crippen LogP contribution in [0, 0.1) is 11.8 Å². The monoisotopic (exact) mass is 387 g/mol. The number of hydrogen-bond acceptors (Lipinski definition) is 1. The Morgan fingerprint density at radius 2 is 1.63 bits per heavy atom. The zero-order valence-electron chi connectivity index (χ0n) is 16.5. The van der Waals surface area contributed by atoms with Gasteiger partial charge in [-0.05, 0) is 75.3 Å². The van der Waals surface area contributed by atoms with E-state index < -0.39 is 0 Å². The first-order valence-corrected chi connectivity index (χ1v) is 10.1. The van der Waals surface area contributed by atoms with Gasteiger partial charge in [-0.2, -0.15) is 0 Å². The maximum atomic E-state index is 10.5. The van der Waals surface area contributed by atoms with Crippen molar-refractivity contribution in [2.24, 2.45) is 0 Å². The lowest BCUT2D eigenvalue weighted by Gasteiger charge is -2.08. The molecule has 0 aliphatic carbocycles. The molecular formula is C28H21NO. The molecule has 5 rings (SSSR count). The molecule has 0 fully saturated rings. The second-order valence-corrected chi connectivity index (χ2v) is 7.58. The van der Waals surface area contributed by atoms with Crippen molar-refractivity contribution >= 4 is 21.7 Å². The average Bonchev–Trinajstić information content (AvgIpc) is 3.23. The fourth-order valence-electron chi connectivity index (χ4n) is 3.83. The number of phenolic OH excluding ortho intramolecular Hbond substituents is 1. The molecule has 2 N–H and O–H groups in total. The Balaban J connectivity index is 1.42. The van der Waals surface area contributed by atoms with Crippen LogP contribution in [0.2, 0.25) is 0 Å². The van der Waals surface area contributed by atoms with Crippen LogP contribution in [0.3, 0.4) is 0 Å². The van der Waals surface area contributed by atoms with E-state index in [1.807, 2.05) is 42.6 Å². The highest BCUT2D eigenvalue weighted by Gasteiger charge is 2.07. The summed E-state index contributed by atoms with van der Waals surface area (Å²) in [7, 11) is 0. The Morgan fingerprint density at radius 1 is 0.733 bits per heavy atom. The van der Waals surface area contributed by atoms with Gasteiger partial charge < -0.3 is 10.1 Å². The zero-order valence-corrected chi connectivity index (χ0v) is 16.5. The van der Waals surface area contributed by atoms with Crippen LogP contribution in [0.1, 0.15) is 22.3 Å². The minimum absolute atomic E-state index is 0.333. The van der Waals surface area contributed by atoms with Gasteiger partial charge in [-0.15, -0.1) is 0 Å². The Kier molecular flexibility index (Phi) is 4.71. The fourth-order valence-corrected chi connectivity index (χ4v) is 3.83. The van der Waals surface area contributed by atoms with Crippen molar-refractivity contribution in [3.05, 3.63) is 113 Å². The quantitative estimate of drug-likeness (QED) is 0.355. The Labute approximate surface area is 175 Å². The number of aromatic amines is 1. The van der Waals surface area contributed by atoms with Crippen molar-refractivity contribution in [2.45, 2.75) is 12.8 Å². The first-order chi connectivity index (χ1) is 14.7. The van der Waals surface area contributed by atoms with E-state index >= 15 is 0 Å². The first-order valence-electron chi connectivity index (χ1n) is 10.1. The van der Waals surface area contributed by atoms with Crippen molar-refractivity contribution in [1.82, 2.24) is 4.98 Å². The third kappa shape index (κ3) is 3.79. The molecule has 1 aromatic heterocycles. The summed E-state index contributed by atoms with van der Waals surface area (Å²) in [5, 5.41) is 13.8. The molecule has 5 aromatic rings. The van der Waals surface area contributed by atoms with Crippen LogP contribution in [0.25, 0.3) is 21.7 Å². The Morgan fingerprint density at radius 3 is 2.53 bits per heavy atom. The Bertz CT molecular complexity index is 1400. The van der Waals surface area contributed by atoms with E-state index in [1.54, 1.807) is 0 Å². The van der Waals surface area contributed by atoms with Crippen LogP contribution in [0.15, 0.2) is 91.1 Å². The standard InChI is InChI=1S/C28H21NO/c30-28-19-23-11-9-21(8-4-7-20-5-2-1-3-6-20)15-25(23)18-26(28)17-22-10-12-27-24(16-22)13-14-29-27/h1-3,5-6,9-16,18-19,29-30H,7,17H2. The maximum absolute atomic E-state index is 10.5. The second kappa shape index (κ2) is 7.81. The molecule has 0 unspecified atom stereocenters. The molecule has 2 nitrogen and oxygen atoms in total. The van der Waals surface area contributed by atoms with E-state index in [2.05, 4.69) is 65.4 Å². The minimum atomic E-state index is 0.333. The van der Waals surface area contributed by atoms with Crippen LogP contribution < -0.4 is 0 Å². The lowest BCUT2D eigenvalue weighted by molar-refractivity contribution is 0.470. The summed E-state index contributed by atoms with van der Waals surface area (Å²) in [6.45, 7) is 0. The minimum Gasteiger partial charge on any atom is -0.508 e. The van der Waals surface area contributed by atoms with Gasteiger partial charge in [0.2, 0.25) is 0 Å². The predicted molar refractivity (Wildman–Crippen MR) is 124 cm³/mol. The van der Waals surface area contributed by atoms with Crippen LogP contribution >= 0.6 is 0 Å². The van der Waals surface area contributed by atoms with E-state index in [0.29, 0.717) is 12.2 Å². The van der Waals surface area contributed by atoms with Gasteiger partial charge in [-0.3, -0.25) is 0 Å². The molecule has 0 aliphatic rings. The lowest BCUT2D eigenvalue weighted by atomic mass is 9.98. The maximum Gasteiger partial charge on any atom is 0.119 e. The van der Waals surface area contributed by atoms with E-state index in [-0.39, 0.29) is 0 Å². The van der Waals surface area contributed by atoms with Crippen LogP contribution in [-0.2, 0) is 12.8 Å². The number of aromatic nitrogens is 1. The summed E-state index contributed by atoms with van der Waals surface area (Å²) < 4.78 is 0. The molecule has 0 atom stereocenters. The van der Waals surface area contributed by atoms with E-state index in [0.717, 1.165) is 33.8 Å². The average molecular weight is 387 g/mol. The van der Waals surface area contributed by atoms with E-state index in [1.165, 1.54) is 16.5 Å². The van der Waals surface area contributed by atoms with Gasteiger partial charge in [0.1, 0.15) is 5.75 Å². The van der Waals surface area contributed by atoms with Gasteiger partial charge in [-0.25, -0.2) is 0 Å². The van der Waals surface area contributed by atoms with Gasteiger partial charge in [0.15, 0.2) is 0 Å². The normalized spacial score (nSPS) is 10.8. The largest absolute Gasteiger partial charge is 0.508 e. The van der Waals surface area contributed by atoms with Gasteiger partial charge in [0.25, 0.3) is 0 Å². The van der Waals surface area contributed by atoms with Crippen LogP contribution in [0.4, 0.5) is 0 Å². The summed E-state index contributed by atoms with van der Waals surface area (Å²) in [5.41, 5.74) is 5.43. The first kappa shape index (κ1) is 18.1. The van der Waals surface area contributed by atoms with Gasteiger partial charge >= 0.3 is 0 Å². The number of nitrogens with one attached hydrogen (secondary N) is 1. The van der Waals surface area contributed by atoms with Crippen molar-refractivity contribution in [3.8, 4) is 17.6 Å². The highest BCUT2D eigenvalue weighted by molar-refractivity contribution is 5.86. The molecule has 0 radical (unpaired) electrons. The van der Waals surface area contributed by atoms with Gasteiger partial charge in [0, 0.05) is 30.1 Å². The van der Waals surface area contributed by atoms with Gasteiger partial charge in [-0.1, -0.05) is 54.3 Å². The molecule has 2 heteroatoms. The smallest absolute Gasteiger partial charge is 0.119 e. The molecular weight excluding hydrogens is 366 g/mol. The highest BCUT2D eigenvalue weighted by Crippen LogP contribution is 2.28.